The Morgan fingerprint density at radius 2 is 2.10 bits per heavy atom. The Morgan fingerprint density at radius 1 is 1.35 bits per heavy atom. The van der Waals surface area contributed by atoms with E-state index in [2.05, 4.69) is 4.98 Å². The molecule has 0 unspecified atom stereocenters. The van der Waals surface area contributed by atoms with Crippen LogP contribution in [-0.2, 0) is 5.92 Å². The highest BCUT2D eigenvalue weighted by atomic mass is 19.3. The number of para-hydroxylation sites is 1. The van der Waals surface area contributed by atoms with Crippen molar-refractivity contribution in [2.45, 2.75) is 5.92 Å². The molecule has 5 nitrogen and oxygen atoms in total. The van der Waals surface area contributed by atoms with E-state index in [0.717, 1.165) is 0 Å². The minimum atomic E-state index is -3.25. The average Bonchev–Trinajstić information content (AvgIpc) is 2.44. The van der Waals surface area contributed by atoms with Crippen LogP contribution in [0.15, 0.2) is 30.3 Å². The Hall–Kier alpha value is -1.83. The number of hydroxylamine groups is 1. The van der Waals surface area contributed by atoms with Crippen LogP contribution in [-0.4, -0.2) is 29.9 Å². The van der Waals surface area contributed by atoms with Crippen LogP contribution in [0.4, 0.5) is 8.78 Å². The molecule has 108 valence electrons. The maximum atomic E-state index is 14.1. The summed E-state index contributed by atoms with van der Waals surface area (Å²) in [5, 5.41) is 8.87. The summed E-state index contributed by atoms with van der Waals surface area (Å²) in [4.78, 5) is 4.15. The van der Waals surface area contributed by atoms with Crippen LogP contribution in [0, 0.1) is 0 Å². The molecule has 0 aliphatic carbocycles. The maximum absolute atomic E-state index is 14.1. The van der Waals surface area contributed by atoms with Crippen molar-refractivity contribution in [3.05, 3.63) is 35.9 Å². The van der Waals surface area contributed by atoms with Crippen LogP contribution in [0.3, 0.4) is 0 Å². The molecule has 0 saturated heterocycles. The first-order valence-corrected chi connectivity index (χ1v) is 6.06. The van der Waals surface area contributed by atoms with Gasteiger partial charge in [-0.2, -0.15) is 14.3 Å². The standard InChI is InChI=1S/C13H15F2N3O2/c14-13(15,8-17-19)10-7-12(20-6-5-16)18-11-4-2-1-3-9(10)11/h1-4,7,17,19H,5-6,8,16H2. The molecule has 7 heteroatoms. The second kappa shape index (κ2) is 6.08. The second-order valence-electron chi connectivity index (χ2n) is 4.20. The number of ether oxygens (including phenoxy) is 1. The van der Waals surface area contributed by atoms with E-state index in [1.54, 1.807) is 24.3 Å². The van der Waals surface area contributed by atoms with Gasteiger partial charge in [-0.05, 0) is 6.07 Å². The first-order valence-electron chi connectivity index (χ1n) is 6.06. The zero-order valence-electron chi connectivity index (χ0n) is 10.6. The van der Waals surface area contributed by atoms with Crippen LogP contribution < -0.4 is 16.0 Å². The summed E-state index contributed by atoms with van der Waals surface area (Å²) >= 11 is 0. The maximum Gasteiger partial charge on any atom is 0.288 e. The smallest absolute Gasteiger partial charge is 0.288 e. The highest BCUT2D eigenvalue weighted by Crippen LogP contribution is 2.34. The number of fused-ring (bicyclic) bond motifs is 1. The normalized spacial score (nSPS) is 11.8. The third-order valence-electron chi connectivity index (χ3n) is 2.76. The van der Waals surface area contributed by atoms with Gasteiger partial charge in [0.2, 0.25) is 5.88 Å². The molecule has 0 aliphatic rings. The number of nitrogens with two attached hydrogens (primary N) is 1. The molecule has 0 fully saturated rings. The lowest BCUT2D eigenvalue weighted by Crippen LogP contribution is -2.29. The lowest BCUT2D eigenvalue weighted by atomic mass is 10.0. The van der Waals surface area contributed by atoms with E-state index >= 15 is 0 Å². The minimum absolute atomic E-state index is 0.0850. The topological polar surface area (TPSA) is 80.4 Å². The summed E-state index contributed by atoms with van der Waals surface area (Å²) in [5.74, 6) is -3.17. The number of aromatic nitrogens is 1. The van der Waals surface area contributed by atoms with Crippen LogP contribution >= 0.6 is 0 Å². The van der Waals surface area contributed by atoms with E-state index in [1.165, 1.54) is 11.5 Å². The fraction of sp³-hybridized carbons (Fsp3) is 0.308. The van der Waals surface area contributed by atoms with Gasteiger partial charge < -0.3 is 15.7 Å². The summed E-state index contributed by atoms with van der Waals surface area (Å²) in [5.41, 5.74) is 6.96. The summed E-state index contributed by atoms with van der Waals surface area (Å²) in [6, 6.07) is 7.70. The molecule has 2 rings (SSSR count). The van der Waals surface area contributed by atoms with E-state index in [9.17, 15) is 8.78 Å². The molecule has 0 saturated carbocycles. The van der Waals surface area contributed by atoms with Gasteiger partial charge in [0.1, 0.15) is 6.61 Å². The molecule has 4 N–H and O–H groups in total. The number of hydrogen-bond acceptors (Lipinski definition) is 5. The van der Waals surface area contributed by atoms with Gasteiger partial charge in [0.05, 0.1) is 12.1 Å². The van der Waals surface area contributed by atoms with Gasteiger partial charge in [0.25, 0.3) is 5.92 Å². The number of alkyl halides is 2. The van der Waals surface area contributed by atoms with Crippen molar-refractivity contribution in [3.63, 3.8) is 0 Å². The molecule has 0 atom stereocenters. The van der Waals surface area contributed by atoms with Gasteiger partial charge in [0, 0.05) is 23.6 Å². The monoisotopic (exact) mass is 283 g/mol. The lowest BCUT2D eigenvalue weighted by molar-refractivity contribution is -0.0340. The summed E-state index contributed by atoms with van der Waals surface area (Å²) in [6.07, 6.45) is 0. The van der Waals surface area contributed by atoms with Gasteiger partial charge in [-0.15, -0.1) is 0 Å². The van der Waals surface area contributed by atoms with E-state index in [1.807, 2.05) is 0 Å². The van der Waals surface area contributed by atoms with Crippen molar-refractivity contribution in [1.29, 1.82) is 0 Å². The highest BCUT2D eigenvalue weighted by molar-refractivity contribution is 5.83. The summed E-state index contributed by atoms with van der Waals surface area (Å²) < 4.78 is 33.3. The highest BCUT2D eigenvalue weighted by Gasteiger charge is 2.34. The predicted molar refractivity (Wildman–Crippen MR) is 70.0 cm³/mol. The van der Waals surface area contributed by atoms with Crippen molar-refractivity contribution in [3.8, 4) is 5.88 Å². The largest absolute Gasteiger partial charge is 0.476 e. The van der Waals surface area contributed by atoms with Crippen LogP contribution in [0.25, 0.3) is 10.9 Å². The second-order valence-corrected chi connectivity index (χ2v) is 4.20. The number of rotatable bonds is 6. The SMILES string of the molecule is NCCOc1cc(C(F)(F)CNO)c2ccccc2n1. The minimum Gasteiger partial charge on any atom is -0.476 e. The van der Waals surface area contributed by atoms with Crippen molar-refractivity contribution in [2.75, 3.05) is 19.7 Å². The number of nitrogens with one attached hydrogen (secondary N) is 1. The summed E-state index contributed by atoms with van der Waals surface area (Å²) in [6.45, 7) is -0.440. The van der Waals surface area contributed by atoms with E-state index in [4.69, 9.17) is 15.7 Å². The molecule has 1 aromatic heterocycles. The summed E-state index contributed by atoms with van der Waals surface area (Å²) in [7, 11) is 0. The van der Waals surface area contributed by atoms with Gasteiger partial charge in [-0.3, -0.25) is 0 Å². The zero-order chi connectivity index (χ0) is 14.6. The molecule has 2 aromatic rings. The van der Waals surface area contributed by atoms with Gasteiger partial charge in [-0.25, -0.2) is 4.98 Å². The Morgan fingerprint density at radius 3 is 2.80 bits per heavy atom. The number of halogens is 2. The van der Waals surface area contributed by atoms with Crippen LogP contribution in [0.1, 0.15) is 5.56 Å². The molecule has 1 aromatic carbocycles. The fourth-order valence-electron chi connectivity index (χ4n) is 1.89. The lowest BCUT2D eigenvalue weighted by Gasteiger charge is -2.18. The first kappa shape index (κ1) is 14.6. The van der Waals surface area contributed by atoms with Gasteiger partial charge in [0.15, 0.2) is 0 Å². The van der Waals surface area contributed by atoms with Crippen LogP contribution in [0.5, 0.6) is 5.88 Å². The van der Waals surface area contributed by atoms with Crippen molar-refractivity contribution in [2.24, 2.45) is 5.73 Å². The number of benzene rings is 1. The van der Waals surface area contributed by atoms with Crippen LogP contribution in [0.2, 0.25) is 0 Å². The molecule has 1 heterocycles. The molecule has 0 spiro atoms. The third-order valence-corrected chi connectivity index (χ3v) is 2.76. The zero-order valence-corrected chi connectivity index (χ0v) is 10.6. The molecule has 20 heavy (non-hydrogen) atoms. The Labute approximate surface area is 114 Å². The average molecular weight is 283 g/mol. The number of nitrogens with zero attached hydrogens (tertiary/aromatic N) is 1. The van der Waals surface area contributed by atoms with Crippen molar-refractivity contribution >= 4 is 10.9 Å². The Bertz CT molecular complexity index is 593. The van der Waals surface area contributed by atoms with E-state index in [0.29, 0.717) is 10.9 Å². The van der Waals surface area contributed by atoms with E-state index < -0.39 is 12.5 Å². The Balaban J connectivity index is 2.54. The van der Waals surface area contributed by atoms with Gasteiger partial charge in [-0.1, -0.05) is 18.2 Å². The fourth-order valence-corrected chi connectivity index (χ4v) is 1.89. The first-order chi connectivity index (χ1) is 9.58. The molecule has 0 amide bonds. The molecule has 0 bridgehead atoms. The Kier molecular flexibility index (Phi) is 4.43. The van der Waals surface area contributed by atoms with Crippen molar-refractivity contribution < 1.29 is 18.7 Å². The number of pyridine rings is 1. The molecular formula is C13H15F2N3O2. The van der Waals surface area contributed by atoms with Crippen molar-refractivity contribution in [1.82, 2.24) is 10.5 Å². The molecule has 0 aliphatic heterocycles. The van der Waals surface area contributed by atoms with E-state index in [-0.39, 0.29) is 24.6 Å². The third kappa shape index (κ3) is 3.01. The van der Waals surface area contributed by atoms with Gasteiger partial charge >= 0.3 is 0 Å². The quantitative estimate of drug-likeness (QED) is 0.702. The molecule has 0 radical (unpaired) electrons. The predicted octanol–water partition coefficient (Wildman–Crippen LogP) is 1.64. The number of hydrogen-bond donors (Lipinski definition) is 3. The molecular weight excluding hydrogens is 268 g/mol.